The van der Waals surface area contributed by atoms with E-state index in [-0.39, 0.29) is 58.2 Å². The van der Waals surface area contributed by atoms with Crippen LogP contribution in [0.2, 0.25) is 0 Å². The van der Waals surface area contributed by atoms with E-state index in [1.807, 2.05) is 77.9 Å². The van der Waals surface area contributed by atoms with Crippen molar-refractivity contribution in [1.82, 2.24) is 0 Å². The van der Waals surface area contributed by atoms with Crippen LogP contribution in [0.25, 0.3) is 0 Å². The Bertz CT molecular complexity index is 1770. The number of hydrogen-bond acceptors (Lipinski definition) is 6. The molecule has 0 heterocycles. The van der Waals surface area contributed by atoms with E-state index in [0.29, 0.717) is 22.6 Å². The van der Waals surface area contributed by atoms with Crippen molar-refractivity contribution in [3.63, 3.8) is 0 Å². The highest BCUT2D eigenvalue weighted by atomic mass is 16.5. The third kappa shape index (κ3) is 7.77. The van der Waals surface area contributed by atoms with Gasteiger partial charge in [-0.05, 0) is 34.1 Å². The molecule has 0 spiro atoms. The van der Waals surface area contributed by atoms with Crippen molar-refractivity contribution in [3.8, 4) is 23.0 Å². The normalized spacial score (nSPS) is 11.6. The third-order valence-corrected chi connectivity index (χ3v) is 8.18. The second-order valence-electron chi connectivity index (χ2n) is 14.0. The Morgan fingerprint density at radius 1 is 0.521 bits per heavy atom. The molecule has 5 aromatic carbocycles. The zero-order valence-corrected chi connectivity index (χ0v) is 28.3. The highest BCUT2D eigenvalue weighted by Crippen LogP contribution is 2.39. The van der Waals surface area contributed by atoms with Gasteiger partial charge in [-0.1, -0.05) is 126 Å². The van der Waals surface area contributed by atoms with Gasteiger partial charge in [-0.15, -0.1) is 0 Å². The first-order chi connectivity index (χ1) is 22.7. The first-order valence-electron chi connectivity index (χ1n) is 16.0. The molecular formula is C42H42O6. The lowest BCUT2D eigenvalue weighted by Crippen LogP contribution is -2.15. The lowest BCUT2D eigenvalue weighted by molar-refractivity contribution is 0.102. The molecule has 0 fully saturated rings. The van der Waals surface area contributed by atoms with Crippen molar-refractivity contribution in [3.05, 3.63) is 154 Å². The summed E-state index contributed by atoms with van der Waals surface area (Å²) in [5.41, 5.74) is 4.27. The Morgan fingerprint density at radius 2 is 0.854 bits per heavy atom. The fraction of sp³-hybridized carbons (Fsp3) is 0.238. The molecule has 0 radical (unpaired) electrons. The number of ketones is 2. The van der Waals surface area contributed by atoms with E-state index in [1.165, 1.54) is 12.1 Å². The highest BCUT2D eigenvalue weighted by molar-refractivity contribution is 6.11. The van der Waals surface area contributed by atoms with Gasteiger partial charge < -0.3 is 19.7 Å². The van der Waals surface area contributed by atoms with E-state index in [2.05, 4.69) is 0 Å². The van der Waals surface area contributed by atoms with Gasteiger partial charge in [0.15, 0.2) is 11.6 Å². The molecular weight excluding hydrogens is 600 g/mol. The molecule has 0 aromatic heterocycles. The van der Waals surface area contributed by atoms with Crippen molar-refractivity contribution >= 4 is 11.6 Å². The molecule has 0 bridgehead atoms. The Kier molecular flexibility index (Phi) is 9.76. The molecule has 2 N–H and O–H groups in total. The first-order valence-corrected chi connectivity index (χ1v) is 16.0. The first kappa shape index (κ1) is 34.0. The smallest absolute Gasteiger partial charge is 0.196 e. The SMILES string of the molecule is CC(C)(C)c1cc(C(=O)c2ccccc2)c(O)cc1OCc1ccc(COc2cc(O)c(C(=O)c3ccccc3)cc2C(C)(C)C)cc1. The molecule has 0 saturated heterocycles. The summed E-state index contributed by atoms with van der Waals surface area (Å²) in [5.74, 6) is 0.283. The zero-order chi connectivity index (χ0) is 34.6. The van der Waals surface area contributed by atoms with E-state index in [4.69, 9.17) is 9.47 Å². The van der Waals surface area contributed by atoms with E-state index < -0.39 is 0 Å². The van der Waals surface area contributed by atoms with Gasteiger partial charge in [0.25, 0.3) is 0 Å². The Balaban J connectivity index is 1.30. The summed E-state index contributed by atoms with van der Waals surface area (Å²) >= 11 is 0. The molecule has 0 aliphatic heterocycles. The van der Waals surface area contributed by atoms with Gasteiger partial charge in [0.05, 0.1) is 11.1 Å². The molecule has 5 aromatic rings. The molecule has 0 amide bonds. The van der Waals surface area contributed by atoms with Crippen LogP contribution in [-0.2, 0) is 24.0 Å². The molecule has 48 heavy (non-hydrogen) atoms. The topological polar surface area (TPSA) is 93.1 Å². The largest absolute Gasteiger partial charge is 0.507 e. The minimum Gasteiger partial charge on any atom is -0.507 e. The fourth-order valence-corrected chi connectivity index (χ4v) is 5.46. The fourth-order valence-electron chi connectivity index (χ4n) is 5.46. The van der Waals surface area contributed by atoms with Crippen LogP contribution in [0.3, 0.4) is 0 Å². The van der Waals surface area contributed by atoms with Crippen molar-refractivity contribution in [2.75, 3.05) is 0 Å². The van der Waals surface area contributed by atoms with Gasteiger partial charge in [-0.2, -0.15) is 0 Å². The molecule has 0 aliphatic rings. The monoisotopic (exact) mass is 642 g/mol. The lowest BCUT2D eigenvalue weighted by Gasteiger charge is -2.24. The number of carbonyl (C=O) groups excluding carboxylic acids is 2. The van der Waals surface area contributed by atoms with Crippen LogP contribution in [0.4, 0.5) is 0 Å². The maximum atomic E-state index is 13.2. The molecule has 6 nitrogen and oxygen atoms in total. The molecule has 5 rings (SSSR count). The number of aromatic hydroxyl groups is 2. The number of ether oxygens (including phenoxy) is 2. The number of carbonyl (C=O) groups is 2. The third-order valence-electron chi connectivity index (χ3n) is 8.18. The van der Waals surface area contributed by atoms with E-state index in [9.17, 15) is 19.8 Å². The van der Waals surface area contributed by atoms with Crippen LogP contribution in [0, 0.1) is 0 Å². The van der Waals surface area contributed by atoms with Crippen LogP contribution in [-0.4, -0.2) is 21.8 Å². The Hall–Kier alpha value is -5.36. The minimum absolute atomic E-state index is 0.127. The van der Waals surface area contributed by atoms with Crippen molar-refractivity contribution < 1.29 is 29.3 Å². The van der Waals surface area contributed by atoms with Crippen molar-refractivity contribution in [2.45, 2.75) is 65.6 Å². The maximum absolute atomic E-state index is 13.2. The van der Waals surface area contributed by atoms with Gasteiger partial charge in [0.1, 0.15) is 36.2 Å². The highest BCUT2D eigenvalue weighted by Gasteiger charge is 2.26. The average Bonchev–Trinajstić information content (AvgIpc) is 3.06. The Labute approximate surface area is 282 Å². The quantitative estimate of drug-likeness (QED) is 0.148. The van der Waals surface area contributed by atoms with Gasteiger partial charge >= 0.3 is 0 Å². The lowest BCUT2D eigenvalue weighted by atomic mass is 9.84. The number of benzene rings is 5. The predicted octanol–water partition coefficient (Wildman–Crippen LogP) is 9.31. The van der Waals surface area contributed by atoms with Crippen molar-refractivity contribution in [1.29, 1.82) is 0 Å². The van der Waals surface area contributed by atoms with Crippen LogP contribution >= 0.6 is 0 Å². The van der Waals surface area contributed by atoms with Gasteiger partial charge in [0.2, 0.25) is 0 Å². The molecule has 246 valence electrons. The number of hydrogen-bond donors (Lipinski definition) is 2. The maximum Gasteiger partial charge on any atom is 0.196 e. The van der Waals surface area contributed by atoms with Crippen LogP contribution in [0.5, 0.6) is 23.0 Å². The molecule has 0 aliphatic carbocycles. The molecule has 0 unspecified atom stereocenters. The predicted molar refractivity (Wildman–Crippen MR) is 188 cm³/mol. The van der Waals surface area contributed by atoms with E-state index >= 15 is 0 Å². The van der Waals surface area contributed by atoms with Crippen LogP contribution in [0.1, 0.15) is 95.6 Å². The van der Waals surface area contributed by atoms with E-state index in [0.717, 1.165) is 22.3 Å². The molecule has 0 atom stereocenters. The summed E-state index contributed by atoms with van der Waals surface area (Å²) in [6, 6.07) is 32.1. The number of phenols is 2. The van der Waals surface area contributed by atoms with Gasteiger partial charge in [-0.3, -0.25) is 9.59 Å². The summed E-state index contributed by atoms with van der Waals surface area (Å²) < 4.78 is 12.4. The zero-order valence-electron chi connectivity index (χ0n) is 28.3. The molecule has 0 saturated carbocycles. The standard InChI is InChI=1S/C42H42O6/c1-41(2,3)33-21-31(39(45)29-13-9-7-10-14-29)35(43)23-37(33)47-25-27-17-19-28(20-18-27)26-48-38-24-36(44)32(22-34(38)42(4,5)6)40(46)30-15-11-8-12-16-30/h7-24,43-44H,25-26H2,1-6H3. The van der Waals surface area contributed by atoms with Crippen molar-refractivity contribution in [2.24, 2.45) is 0 Å². The Morgan fingerprint density at radius 3 is 1.17 bits per heavy atom. The van der Waals surface area contributed by atoms with E-state index in [1.54, 1.807) is 60.7 Å². The number of phenolic OH excluding ortho intramolecular Hbond substituents is 2. The van der Waals surface area contributed by atoms with Gasteiger partial charge in [-0.25, -0.2) is 0 Å². The summed E-state index contributed by atoms with van der Waals surface area (Å²) in [6.07, 6.45) is 0. The molecule has 6 heteroatoms. The summed E-state index contributed by atoms with van der Waals surface area (Å²) in [5, 5.41) is 21.7. The summed E-state index contributed by atoms with van der Waals surface area (Å²) in [4.78, 5) is 26.3. The van der Waals surface area contributed by atoms with Gasteiger partial charge in [0, 0.05) is 34.4 Å². The summed E-state index contributed by atoms with van der Waals surface area (Å²) in [7, 11) is 0. The summed E-state index contributed by atoms with van der Waals surface area (Å²) in [6.45, 7) is 12.8. The average molecular weight is 643 g/mol. The second kappa shape index (κ2) is 13.8. The second-order valence-corrected chi connectivity index (χ2v) is 14.0. The van der Waals surface area contributed by atoms with Crippen LogP contribution in [0.15, 0.2) is 109 Å². The minimum atomic E-state index is -0.344. The van der Waals surface area contributed by atoms with Crippen LogP contribution < -0.4 is 9.47 Å². The number of rotatable bonds is 10.